The van der Waals surface area contributed by atoms with Crippen molar-refractivity contribution in [2.75, 3.05) is 26.3 Å². The second-order valence-corrected chi connectivity index (χ2v) is 5.38. The third-order valence-corrected chi connectivity index (χ3v) is 3.17. The lowest BCUT2D eigenvalue weighted by atomic mass is 10.2. The summed E-state index contributed by atoms with van der Waals surface area (Å²) in [5, 5.41) is 2.95. The molecule has 1 atom stereocenters. The fourth-order valence-corrected chi connectivity index (χ4v) is 2.06. The molecular weight excluding hydrogens is 248 g/mol. The van der Waals surface area contributed by atoms with Crippen molar-refractivity contribution < 1.29 is 19.1 Å². The molecule has 1 aliphatic heterocycles. The Morgan fingerprint density at radius 3 is 2.79 bits per heavy atom. The molecule has 1 N–H and O–H groups in total. The highest BCUT2D eigenvalue weighted by Crippen LogP contribution is 2.19. The zero-order chi connectivity index (χ0) is 13.8. The molecule has 1 amide bonds. The van der Waals surface area contributed by atoms with Crippen molar-refractivity contribution in [3.63, 3.8) is 0 Å². The molecule has 108 valence electrons. The molecule has 0 radical (unpaired) electrons. The van der Waals surface area contributed by atoms with Crippen molar-refractivity contribution >= 4 is 11.9 Å². The van der Waals surface area contributed by atoms with Gasteiger partial charge in [-0.1, -0.05) is 0 Å². The fourth-order valence-electron chi connectivity index (χ4n) is 2.06. The predicted octanol–water partition coefficient (Wildman–Crippen LogP) is -0.0826. The van der Waals surface area contributed by atoms with E-state index >= 15 is 0 Å². The summed E-state index contributed by atoms with van der Waals surface area (Å²) in [6.07, 6.45) is 1.97. The summed E-state index contributed by atoms with van der Waals surface area (Å²) in [6, 6.07) is -0.0621. The number of carbonyl (C=O) groups is 2. The number of amides is 1. The van der Waals surface area contributed by atoms with Gasteiger partial charge < -0.3 is 14.8 Å². The third kappa shape index (κ3) is 4.47. The second-order valence-electron chi connectivity index (χ2n) is 5.38. The van der Waals surface area contributed by atoms with E-state index in [2.05, 4.69) is 5.32 Å². The lowest BCUT2D eigenvalue weighted by Crippen LogP contribution is -2.55. The molecule has 2 aliphatic rings. The van der Waals surface area contributed by atoms with Gasteiger partial charge in [-0.2, -0.15) is 0 Å². The van der Waals surface area contributed by atoms with Crippen LogP contribution in [0, 0.1) is 0 Å². The van der Waals surface area contributed by atoms with Crippen LogP contribution < -0.4 is 5.32 Å². The monoisotopic (exact) mass is 270 g/mol. The van der Waals surface area contributed by atoms with E-state index in [1.807, 2.05) is 18.7 Å². The summed E-state index contributed by atoms with van der Waals surface area (Å²) in [7, 11) is 0. The number of hydrogen-bond donors (Lipinski definition) is 1. The van der Waals surface area contributed by atoms with Crippen LogP contribution >= 0.6 is 0 Å². The van der Waals surface area contributed by atoms with Crippen molar-refractivity contribution in [1.82, 2.24) is 10.2 Å². The minimum absolute atomic E-state index is 0.0421. The molecule has 0 bridgehead atoms. The summed E-state index contributed by atoms with van der Waals surface area (Å²) in [4.78, 5) is 25.6. The van der Waals surface area contributed by atoms with E-state index in [4.69, 9.17) is 9.47 Å². The Morgan fingerprint density at radius 2 is 2.16 bits per heavy atom. The molecule has 1 saturated heterocycles. The van der Waals surface area contributed by atoms with Crippen molar-refractivity contribution in [3.8, 4) is 0 Å². The normalized spacial score (nSPS) is 24.3. The Hall–Kier alpha value is -1.14. The van der Waals surface area contributed by atoms with Crippen LogP contribution in [-0.2, 0) is 19.1 Å². The average Bonchev–Trinajstić information content (AvgIpc) is 3.12. The van der Waals surface area contributed by atoms with Gasteiger partial charge in [-0.3, -0.25) is 14.5 Å². The second kappa shape index (κ2) is 6.34. The molecule has 6 heteroatoms. The molecule has 1 unspecified atom stereocenters. The number of hydrogen-bond acceptors (Lipinski definition) is 5. The van der Waals surface area contributed by atoms with E-state index in [1.165, 1.54) is 0 Å². The molecule has 2 rings (SSSR count). The summed E-state index contributed by atoms with van der Waals surface area (Å²) >= 11 is 0. The molecule has 0 spiro atoms. The highest BCUT2D eigenvalue weighted by molar-refractivity contribution is 5.83. The van der Waals surface area contributed by atoms with Crippen LogP contribution in [0.4, 0.5) is 0 Å². The summed E-state index contributed by atoms with van der Waals surface area (Å²) in [6.45, 7) is 5.24. The number of rotatable bonds is 5. The van der Waals surface area contributed by atoms with Crippen LogP contribution in [0.2, 0.25) is 0 Å². The quantitative estimate of drug-likeness (QED) is 0.708. The SMILES string of the molecule is CC(C)OC(=O)CN1CCOCC1C(=O)NC1CC1. The minimum Gasteiger partial charge on any atom is -0.462 e. The van der Waals surface area contributed by atoms with Gasteiger partial charge in [-0.05, 0) is 26.7 Å². The Balaban J connectivity index is 1.87. The van der Waals surface area contributed by atoms with E-state index in [-0.39, 0.29) is 30.6 Å². The Labute approximate surface area is 113 Å². The standard InChI is InChI=1S/C13H22N2O4/c1-9(2)19-12(16)7-15-5-6-18-8-11(15)13(17)14-10-3-4-10/h9-11H,3-8H2,1-2H3,(H,14,17). The lowest BCUT2D eigenvalue weighted by molar-refractivity contribution is -0.152. The number of esters is 1. The Morgan fingerprint density at radius 1 is 1.42 bits per heavy atom. The van der Waals surface area contributed by atoms with Crippen molar-refractivity contribution in [3.05, 3.63) is 0 Å². The molecular formula is C13H22N2O4. The highest BCUT2D eigenvalue weighted by atomic mass is 16.5. The molecule has 0 aromatic rings. The number of ether oxygens (including phenoxy) is 2. The first-order chi connectivity index (χ1) is 9.06. The third-order valence-electron chi connectivity index (χ3n) is 3.17. The number of nitrogens with one attached hydrogen (secondary N) is 1. The van der Waals surface area contributed by atoms with Gasteiger partial charge in [0, 0.05) is 12.6 Å². The summed E-state index contributed by atoms with van der Waals surface area (Å²) in [5.41, 5.74) is 0. The molecule has 0 aromatic carbocycles. The van der Waals surface area contributed by atoms with E-state index in [9.17, 15) is 9.59 Å². The van der Waals surface area contributed by atoms with Gasteiger partial charge in [0.15, 0.2) is 0 Å². The van der Waals surface area contributed by atoms with Crippen LogP contribution in [0.3, 0.4) is 0 Å². The molecule has 19 heavy (non-hydrogen) atoms. The minimum atomic E-state index is -0.380. The lowest BCUT2D eigenvalue weighted by Gasteiger charge is -2.33. The summed E-state index contributed by atoms with van der Waals surface area (Å²) in [5.74, 6) is -0.333. The molecule has 2 fully saturated rings. The van der Waals surface area contributed by atoms with E-state index < -0.39 is 0 Å². The van der Waals surface area contributed by atoms with Gasteiger partial charge in [0.05, 0.1) is 25.9 Å². The first-order valence-electron chi connectivity index (χ1n) is 6.88. The van der Waals surface area contributed by atoms with Gasteiger partial charge in [-0.15, -0.1) is 0 Å². The fraction of sp³-hybridized carbons (Fsp3) is 0.846. The maximum atomic E-state index is 12.1. The number of carbonyl (C=O) groups excluding carboxylic acids is 2. The van der Waals surface area contributed by atoms with Gasteiger partial charge >= 0.3 is 5.97 Å². The van der Waals surface area contributed by atoms with Crippen LogP contribution in [0.15, 0.2) is 0 Å². The van der Waals surface area contributed by atoms with Crippen LogP contribution in [-0.4, -0.2) is 61.3 Å². The predicted molar refractivity (Wildman–Crippen MR) is 68.6 cm³/mol. The summed E-state index contributed by atoms with van der Waals surface area (Å²) < 4.78 is 10.5. The Kier molecular flexibility index (Phi) is 4.76. The highest BCUT2D eigenvalue weighted by Gasteiger charge is 2.34. The van der Waals surface area contributed by atoms with Crippen LogP contribution in [0.25, 0.3) is 0 Å². The van der Waals surface area contributed by atoms with Crippen molar-refractivity contribution in [1.29, 1.82) is 0 Å². The van der Waals surface area contributed by atoms with E-state index in [0.29, 0.717) is 25.8 Å². The van der Waals surface area contributed by atoms with Gasteiger partial charge in [0.1, 0.15) is 6.04 Å². The van der Waals surface area contributed by atoms with E-state index in [1.54, 1.807) is 0 Å². The Bertz CT molecular complexity index is 342. The maximum Gasteiger partial charge on any atom is 0.320 e. The van der Waals surface area contributed by atoms with Gasteiger partial charge in [-0.25, -0.2) is 0 Å². The van der Waals surface area contributed by atoms with Crippen LogP contribution in [0.1, 0.15) is 26.7 Å². The van der Waals surface area contributed by atoms with Crippen molar-refractivity contribution in [2.45, 2.75) is 44.9 Å². The topological polar surface area (TPSA) is 67.9 Å². The van der Waals surface area contributed by atoms with Crippen LogP contribution in [0.5, 0.6) is 0 Å². The zero-order valence-corrected chi connectivity index (χ0v) is 11.6. The maximum absolute atomic E-state index is 12.1. The first kappa shape index (κ1) is 14.3. The average molecular weight is 270 g/mol. The molecule has 1 saturated carbocycles. The van der Waals surface area contributed by atoms with Gasteiger partial charge in [0.2, 0.25) is 5.91 Å². The number of nitrogens with zero attached hydrogens (tertiary/aromatic N) is 1. The first-order valence-corrected chi connectivity index (χ1v) is 6.88. The molecule has 1 heterocycles. The van der Waals surface area contributed by atoms with E-state index in [0.717, 1.165) is 12.8 Å². The van der Waals surface area contributed by atoms with Gasteiger partial charge in [0.25, 0.3) is 0 Å². The zero-order valence-electron chi connectivity index (χ0n) is 11.6. The van der Waals surface area contributed by atoms with Crippen molar-refractivity contribution in [2.24, 2.45) is 0 Å². The molecule has 1 aliphatic carbocycles. The molecule has 0 aromatic heterocycles. The smallest absolute Gasteiger partial charge is 0.320 e. The number of morpholine rings is 1. The largest absolute Gasteiger partial charge is 0.462 e. The molecule has 6 nitrogen and oxygen atoms in total.